The molecule has 0 atom stereocenters. The number of halogens is 2. The summed E-state index contributed by atoms with van der Waals surface area (Å²) in [4.78, 5) is 16.2. The topological polar surface area (TPSA) is 42.1 Å². The zero-order valence-corrected chi connectivity index (χ0v) is 15.0. The third-order valence-electron chi connectivity index (χ3n) is 3.89. The Morgan fingerprint density at radius 1 is 1.12 bits per heavy atom. The van der Waals surface area contributed by atoms with Crippen LogP contribution in [0, 0.1) is 6.92 Å². The fourth-order valence-electron chi connectivity index (χ4n) is 2.71. The van der Waals surface area contributed by atoms with E-state index in [0.717, 1.165) is 12.0 Å². The molecule has 3 rings (SSSR count). The summed E-state index contributed by atoms with van der Waals surface area (Å²) in [6.07, 6.45) is 2.58. The minimum Gasteiger partial charge on any atom is -0.491 e. The number of H-pyrrole nitrogens is 1. The van der Waals surface area contributed by atoms with Gasteiger partial charge in [0.1, 0.15) is 5.75 Å². The summed E-state index contributed by atoms with van der Waals surface area (Å²) in [5.74, 6) is 0.684. The summed E-state index contributed by atoms with van der Waals surface area (Å²) in [6.45, 7) is 4.55. The molecule has 1 heterocycles. The zero-order chi connectivity index (χ0) is 17.3. The Balaban J connectivity index is 2.24. The average Bonchev–Trinajstić information content (AvgIpc) is 2.55. The first kappa shape index (κ1) is 16.9. The van der Waals surface area contributed by atoms with Gasteiger partial charge in [0.05, 0.1) is 22.5 Å². The summed E-state index contributed by atoms with van der Waals surface area (Å²) in [7, 11) is 0. The maximum Gasteiger partial charge on any atom is 0.197 e. The molecular weight excluding hydrogens is 345 g/mol. The van der Waals surface area contributed by atoms with E-state index in [4.69, 9.17) is 27.9 Å². The molecule has 0 amide bonds. The molecule has 0 aliphatic rings. The smallest absolute Gasteiger partial charge is 0.197 e. The number of aromatic amines is 1. The summed E-state index contributed by atoms with van der Waals surface area (Å²) in [5, 5.41) is 1.60. The minimum atomic E-state index is -0.0765. The highest BCUT2D eigenvalue weighted by molar-refractivity contribution is 6.36. The standard InChI is InChI=1S/C19H17Cl2NO2/c1-3-8-24-16-7-4-11(2)17-18(16)22-10-14(19(17)23)13-6-5-12(20)9-15(13)21/h4-7,9-10H,3,8H2,1-2H3,(H,22,23). The molecular formula is C19H17Cl2NO2. The molecule has 24 heavy (non-hydrogen) atoms. The van der Waals surface area contributed by atoms with Gasteiger partial charge < -0.3 is 9.72 Å². The number of rotatable bonds is 4. The van der Waals surface area contributed by atoms with Gasteiger partial charge in [0.25, 0.3) is 0 Å². The van der Waals surface area contributed by atoms with E-state index < -0.39 is 0 Å². The third-order valence-corrected chi connectivity index (χ3v) is 4.44. The second-order valence-electron chi connectivity index (χ2n) is 5.63. The molecule has 0 radical (unpaired) electrons. The van der Waals surface area contributed by atoms with Crippen molar-refractivity contribution in [1.82, 2.24) is 4.98 Å². The highest BCUT2D eigenvalue weighted by atomic mass is 35.5. The van der Waals surface area contributed by atoms with E-state index in [1.54, 1.807) is 24.4 Å². The number of nitrogens with one attached hydrogen (secondary N) is 1. The zero-order valence-electron chi connectivity index (χ0n) is 13.5. The summed E-state index contributed by atoms with van der Waals surface area (Å²) >= 11 is 12.2. The number of pyridine rings is 1. The van der Waals surface area contributed by atoms with Crippen molar-refractivity contribution in [3.8, 4) is 16.9 Å². The van der Waals surface area contributed by atoms with Crippen LogP contribution in [0.15, 0.2) is 41.3 Å². The number of hydrogen-bond donors (Lipinski definition) is 1. The normalized spacial score (nSPS) is 11.0. The van der Waals surface area contributed by atoms with Crippen molar-refractivity contribution in [2.45, 2.75) is 20.3 Å². The molecule has 3 nitrogen and oxygen atoms in total. The van der Waals surface area contributed by atoms with E-state index in [2.05, 4.69) is 4.98 Å². The lowest BCUT2D eigenvalue weighted by Crippen LogP contribution is -2.09. The van der Waals surface area contributed by atoms with Crippen LogP contribution in [-0.4, -0.2) is 11.6 Å². The summed E-state index contributed by atoms with van der Waals surface area (Å²) in [5.41, 5.74) is 2.69. The molecule has 1 N–H and O–H groups in total. The van der Waals surface area contributed by atoms with Gasteiger partial charge in [-0.2, -0.15) is 0 Å². The van der Waals surface area contributed by atoms with Crippen molar-refractivity contribution in [2.75, 3.05) is 6.61 Å². The van der Waals surface area contributed by atoms with Gasteiger partial charge in [0, 0.05) is 22.3 Å². The fourth-order valence-corrected chi connectivity index (χ4v) is 3.22. The molecule has 124 valence electrons. The highest BCUT2D eigenvalue weighted by Gasteiger charge is 2.15. The van der Waals surface area contributed by atoms with Crippen molar-refractivity contribution >= 4 is 34.1 Å². The lowest BCUT2D eigenvalue weighted by atomic mass is 10.0. The van der Waals surface area contributed by atoms with Crippen molar-refractivity contribution in [3.05, 3.63) is 62.4 Å². The Morgan fingerprint density at radius 2 is 1.92 bits per heavy atom. The van der Waals surface area contributed by atoms with Crippen molar-refractivity contribution in [1.29, 1.82) is 0 Å². The Labute approximate surface area is 150 Å². The number of hydrogen-bond acceptors (Lipinski definition) is 2. The van der Waals surface area contributed by atoms with Crippen LogP contribution in [0.4, 0.5) is 0 Å². The van der Waals surface area contributed by atoms with E-state index >= 15 is 0 Å². The average molecular weight is 362 g/mol. The van der Waals surface area contributed by atoms with Crippen LogP contribution in [0.5, 0.6) is 5.75 Å². The third kappa shape index (κ3) is 3.02. The van der Waals surface area contributed by atoms with Crippen molar-refractivity contribution in [3.63, 3.8) is 0 Å². The van der Waals surface area contributed by atoms with Crippen LogP contribution in [0.1, 0.15) is 18.9 Å². The fraction of sp³-hybridized carbons (Fsp3) is 0.211. The van der Waals surface area contributed by atoms with Gasteiger partial charge in [-0.1, -0.05) is 42.3 Å². The molecule has 2 aromatic carbocycles. The van der Waals surface area contributed by atoms with Gasteiger partial charge >= 0.3 is 0 Å². The molecule has 5 heteroatoms. The molecule has 3 aromatic rings. The first-order chi connectivity index (χ1) is 11.5. The van der Waals surface area contributed by atoms with E-state index in [1.807, 2.05) is 26.0 Å². The lowest BCUT2D eigenvalue weighted by molar-refractivity contribution is 0.320. The minimum absolute atomic E-state index is 0.0765. The number of aromatic nitrogens is 1. The molecule has 0 aliphatic heterocycles. The molecule has 0 aliphatic carbocycles. The maximum absolute atomic E-state index is 13.0. The van der Waals surface area contributed by atoms with Gasteiger partial charge in [0.2, 0.25) is 0 Å². The predicted octanol–water partition coefficient (Wildman–Crippen LogP) is 5.60. The van der Waals surface area contributed by atoms with Gasteiger partial charge in [0.15, 0.2) is 5.43 Å². The quantitative estimate of drug-likeness (QED) is 0.657. The molecule has 0 spiro atoms. The second kappa shape index (κ2) is 6.88. The molecule has 0 saturated carbocycles. The molecule has 1 aromatic heterocycles. The van der Waals surface area contributed by atoms with E-state index in [9.17, 15) is 4.79 Å². The van der Waals surface area contributed by atoms with Gasteiger partial charge in [-0.25, -0.2) is 0 Å². The summed E-state index contributed by atoms with van der Waals surface area (Å²) in [6, 6.07) is 8.90. The molecule has 0 saturated heterocycles. The predicted molar refractivity (Wildman–Crippen MR) is 101 cm³/mol. The van der Waals surface area contributed by atoms with E-state index in [1.165, 1.54) is 0 Å². The molecule has 0 fully saturated rings. The second-order valence-corrected chi connectivity index (χ2v) is 6.48. The Bertz CT molecular complexity index is 963. The Kier molecular flexibility index (Phi) is 4.83. The first-order valence-electron chi connectivity index (χ1n) is 7.76. The number of benzene rings is 2. The SMILES string of the molecule is CCCOc1ccc(C)c2c(=O)c(-c3ccc(Cl)cc3Cl)c[nH]c12. The number of aryl methyl sites for hydroxylation is 1. The maximum atomic E-state index is 13.0. The van der Waals surface area contributed by atoms with Crippen LogP contribution in [0.25, 0.3) is 22.0 Å². The lowest BCUT2D eigenvalue weighted by Gasteiger charge is -2.12. The number of ether oxygens (including phenoxy) is 1. The van der Waals surface area contributed by atoms with Gasteiger partial charge in [-0.05, 0) is 37.1 Å². The van der Waals surface area contributed by atoms with Crippen LogP contribution in [-0.2, 0) is 0 Å². The molecule has 0 unspecified atom stereocenters. The van der Waals surface area contributed by atoms with Crippen molar-refractivity contribution < 1.29 is 4.74 Å². The summed E-state index contributed by atoms with van der Waals surface area (Å²) < 4.78 is 5.75. The number of fused-ring (bicyclic) bond motifs is 1. The van der Waals surface area contributed by atoms with Crippen LogP contribution in [0.3, 0.4) is 0 Å². The largest absolute Gasteiger partial charge is 0.491 e. The van der Waals surface area contributed by atoms with Crippen molar-refractivity contribution in [2.24, 2.45) is 0 Å². The van der Waals surface area contributed by atoms with Crippen LogP contribution in [0.2, 0.25) is 10.0 Å². The van der Waals surface area contributed by atoms with E-state index in [-0.39, 0.29) is 5.43 Å². The Morgan fingerprint density at radius 3 is 2.62 bits per heavy atom. The first-order valence-corrected chi connectivity index (χ1v) is 8.51. The highest BCUT2D eigenvalue weighted by Crippen LogP contribution is 2.31. The van der Waals surface area contributed by atoms with E-state index in [0.29, 0.717) is 44.4 Å². The van der Waals surface area contributed by atoms with Gasteiger partial charge in [-0.15, -0.1) is 0 Å². The van der Waals surface area contributed by atoms with Gasteiger partial charge in [-0.3, -0.25) is 4.79 Å². The monoisotopic (exact) mass is 361 g/mol. The van der Waals surface area contributed by atoms with Crippen LogP contribution >= 0.6 is 23.2 Å². The molecule has 0 bridgehead atoms. The Hall–Kier alpha value is -1.97. The van der Waals surface area contributed by atoms with Crippen LogP contribution < -0.4 is 10.2 Å².